The fraction of sp³-hybridized carbons (Fsp3) is 0.158. The van der Waals surface area contributed by atoms with Crippen molar-refractivity contribution in [2.24, 2.45) is 5.10 Å². The molecule has 0 unspecified atom stereocenters. The third kappa shape index (κ3) is 6.39. The molecule has 0 atom stereocenters. The second kappa shape index (κ2) is 9.77. The molecule has 0 aliphatic heterocycles. The molecular weight excluding hydrogens is 320 g/mol. The van der Waals surface area contributed by atoms with Crippen LogP contribution in [0.25, 0.3) is 6.08 Å². The lowest BCUT2D eigenvalue weighted by Crippen LogP contribution is -2.24. The Hall–Kier alpha value is -3.28. The van der Waals surface area contributed by atoms with E-state index in [1.165, 1.54) is 6.21 Å². The monoisotopic (exact) mass is 340 g/mol. The van der Waals surface area contributed by atoms with Crippen molar-refractivity contribution in [1.29, 1.82) is 0 Å². The number of nitrogens with one attached hydrogen (secondary N) is 1. The van der Waals surface area contributed by atoms with Crippen LogP contribution in [0.5, 0.6) is 17.2 Å². The normalized spacial score (nSPS) is 10.8. The second-order valence-electron chi connectivity index (χ2n) is 4.91. The number of hydrogen-bond donors (Lipinski definition) is 1. The van der Waals surface area contributed by atoms with Gasteiger partial charge in [-0.25, -0.2) is 5.43 Å². The highest BCUT2D eigenvalue weighted by Gasteiger charge is 2.01. The summed E-state index contributed by atoms with van der Waals surface area (Å²) in [5, 5.41) is 3.82. The Morgan fingerprint density at radius 2 is 1.52 bits per heavy atom. The van der Waals surface area contributed by atoms with Gasteiger partial charge < -0.3 is 14.2 Å². The molecule has 0 spiro atoms. The van der Waals surface area contributed by atoms with Crippen molar-refractivity contribution in [2.45, 2.75) is 0 Å². The van der Waals surface area contributed by atoms with Crippen molar-refractivity contribution in [3.8, 4) is 17.2 Å². The third-order valence-corrected chi connectivity index (χ3v) is 3.18. The summed E-state index contributed by atoms with van der Waals surface area (Å²) in [7, 11) is 3.21. The van der Waals surface area contributed by atoms with Gasteiger partial charge in [0, 0.05) is 6.21 Å². The number of amides is 1. The Morgan fingerprint density at radius 1 is 0.960 bits per heavy atom. The number of benzene rings is 2. The summed E-state index contributed by atoms with van der Waals surface area (Å²) in [4.78, 5) is 11.6. The molecule has 0 fully saturated rings. The van der Waals surface area contributed by atoms with Gasteiger partial charge in [0.25, 0.3) is 5.91 Å². The van der Waals surface area contributed by atoms with Crippen LogP contribution in [0.1, 0.15) is 5.56 Å². The Bertz CT molecular complexity index is 722. The van der Waals surface area contributed by atoms with Crippen molar-refractivity contribution >= 4 is 18.2 Å². The molecule has 0 saturated carbocycles. The van der Waals surface area contributed by atoms with Crippen molar-refractivity contribution in [3.63, 3.8) is 0 Å². The maximum Gasteiger partial charge on any atom is 0.277 e. The van der Waals surface area contributed by atoms with Crippen LogP contribution >= 0.6 is 0 Å². The van der Waals surface area contributed by atoms with Crippen molar-refractivity contribution in [1.82, 2.24) is 5.43 Å². The van der Waals surface area contributed by atoms with Gasteiger partial charge in [0.1, 0.15) is 17.2 Å². The van der Waals surface area contributed by atoms with Gasteiger partial charge in [-0.2, -0.15) is 5.10 Å². The number of allylic oxidation sites excluding steroid dienone is 1. The molecule has 0 radical (unpaired) electrons. The van der Waals surface area contributed by atoms with Crippen molar-refractivity contribution in [3.05, 3.63) is 60.2 Å². The van der Waals surface area contributed by atoms with Gasteiger partial charge >= 0.3 is 0 Å². The van der Waals surface area contributed by atoms with Gasteiger partial charge in [-0.05, 0) is 48.0 Å². The zero-order chi connectivity index (χ0) is 17.9. The molecule has 0 bridgehead atoms. The number of hydrogen-bond acceptors (Lipinski definition) is 5. The maximum absolute atomic E-state index is 11.6. The number of rotatable bonds is 8. The fourth-order valence-electron chi connectivity index (χ4n) is 1.87. The average Bonchev–Trinajstić information content (AvgIpc) is 2.67. The van der Waals surface area contributed by atoms with E-state index in [1.807, 2.05) is 30.3 Å². The molecule has 0 aliphatic carbocycles. The highest BCUT2D eigenvalue weighted by atomic mass is 16.5. The maximum atomic E-state index is 11.6. The summed E-state index contributed by atoms with van der Waals surface area (Å²) in [6.45, 7) is -0.119. The van der Waals surface area contributed by atoms with E-state index in [1.54, 1.807) is 44.6 Å². The van der Waals surface area contributed by atoms with E-state index >= 15 is 0 Å². The molecule has 1 N–H and O–H groups in total. The molecule has 2 aromatic carbocycles. The molecular formula is C19H20N2O4. The lowest BCUT2D eigenvalue weighted by atomic mass is 10.2. The van der Waals surface area contributed by atoms with Gasteiger partial charge in [-0.15, -0.1) is 0 Å². The standard InChI is InChI=1S/C19H20N2O4/c1-23-16-7-5-15(6-8-16)4-3-13-20-21-19(22)14-25-18-11-9-17(24-2)10-12-18/h3-13H,14H2,1-2H3,(H,21,22)/b4-3+,20-13?. The molecule has 2 rings (SSSR count). The predicted octanol–water partition coefficient (Wildman–Crippen LogP) is 2.90. The van der Waals surface area contributed by atoms with Crippen LogP contribution in [-0.4, -0.2) is 32.9 Å². The lowest BCUT2D eigenvalue weighted by molar-refractivity contribution is -0.123. The molecule has 25 heavy (non-hydrogen) atoms. The minimum absolute atomic E-state index is 0.119. The third-order valence-electron chi connectivity index (χ3n) is 3.18. The molecule has 6 nitrogen and oxygen atoms in total. The molecule has 6 heteroatoms. The van der Waals surface area contributed by atoms with Crippen LogP contribution in [0.4, 0.5) is 0 Å². The molecule has 1 amide bonds. The van der Waals surface area contributed by atoms with E-state index in [4.69, 9.17) is 14.2 Å². The quantitative estimate of drug-likeness (QED) is 0.593. The van der Waals surface area contributed by atoms with Crippen LogP contribution in [0, 0.1) is 0 Å². The zero-order valence-electron chi connectivity index (χ0n) is 14.1. The van der Waals surface area contributed by atoms with Gasteiger partial charge in [-0.1, -0.05) is 18.2 Å². The minimum Gasteiger partial charge on any atom is -0.497 e. The Kier molecular flexibility index (Phi) is 7.06. The van der Waals surface area contributed by atoms with Crippen LogP contribution in [0.3, 0.4) is 0 Å². The molecule has 130 valence electrons. The van der Waals surface area contributed by atoms with E-state index in [2.05, 4.69) is 10.5 Å². The van der Waals surface area contributed by atoms with Gasteiger partial charge in [0.05, 0.1) is 14.2 Å². The number of carbonyl (C=O) groups is 1. The first-order chi connectivity index (χ1) is 12.2. The molecule has 0 aromatic heterocycles. The summed E-state index contributed by atoms with van der Waals surface area (Å²) >= 11 is 0. The predicted molar refractivity (Wildman–Crippen MR) is 97.2 cm³/mol. The Labute approximate surface area is 146 Å². The number of carbonyl (C=O) groups excluding carboxylic acids is 1. The Balaban J connectivity index is 1.71. The topological polar surface area (TPSA) is 69.2 Å². The summed E-state index contributed by atoms with van der Waals surface area (Å²) in [6, 6.07) is 14.6. The minimum atomic E-state index is -0.343. The molecule has 0 heterocycles. The Morgan fingerprint density at radius 3 is 2.12 bits per heavy atom. The summed E-state index contributed by atoms with van der Waals surface area (Å²) in [5.41, 5.74) is 3.39. The van der Waals surface area contributed by atoms with Gasteiger partial charge in [0.2, 0.25) is 0 Å². The first kappa shape index (κ1) is 18.1. The number of ether oxygens (including phenoxy) is 3. The lowest BCUT2D eigenvalue weighted by Gasteiger charge is -2.05. The van der Waals surface area contributed by atoms with Crippen molar-refractivity contribution in [2.75, 3.05) is 20.8 Å². The van der Waals surface area contributed by atoms with Crippen LogP contribution in [-0.2, 0) is 4.79 Å². The number of hydrazone groups is 1. The van der Waals surface area contributed by atoms with E-state index in [9.17, 15) is 4.79 Å². The molecule has 2 aromatic rings. The average molecular weight is 340 g/mol. The summed E-state index contributed by atoms with van der Waals surface area (Å²) < 4.78 is 15.5. The van der Waals surface area contributed by atoms with E-state index in [0.29, 0.717) is 5.75 Å². The van der Waals surface area contributed by atoms with E-state index in [-0.39, 0.29) is 12.5 Å². The van der Waals surface area contributed by atoms with E-state index in [0.717, 1.165) is 17.1 Å². The number of nitrogens with zero attached hydrogens (tertiary/aromatic N) is 1. The van der Waals surface area contributed by atoms with Gasteiger partial charge in [0.15, 0.2) is 6.61 Å². The summed E-state index contributed by atoms with van der Waals surface area (Å²) in [6.07, 6.45) is 5.09. The SMILES string of the molecule is COc1ccc(/C=C/C=NNC(=O)COc2ccc(OC)cc2)cc1. The number of methoxy groups -OCH3 is 2. The highest BCUT2D eigenvalue weighted by Crippen LogP contribution is 2.16. The van der Waals surface area contributed by atoms with Crippen molar-refractivity contribution < 1.29 is 19.0 Å². The summed E-state index contributed by atoms with van der Waals surface area (Å²) in [5.74, 6) is 1.77. The smallest absolute Gasteiger partial charge is 0.277 e. The first-order valence-corrected chi connectivity index (χ1v) is 7.61. The molecule has 0 aliphatic rings. The van der Waals surface area contributed by atoms with E-state index < -0.39 is 0 Å². The fourth-order valence-corrected chi connectivity index (χ4v) is 1.87. The van der Waals surface area contributed by atoms with Gasteiger partial charge in [-0.3, -0.25) is 4.79 Å². The van der Waals surface area contributed by atoms with Crippen LogP contribution in [0.2, 0.25) is 0 Å². The van der Waals surface area contributed by atoms with Crippen LogP contribution < -0.4 is 19.6 Å². The first-order valence-electron chi connectivity index (χ1n) is 7.61. The zero-order valence-corrected chi connectivity index (χ0v) is 14.1. The largest absolute Gasteiger partial charge is 0.497 e. The molecule has 0 saturated heterocycles. The second-order valence-corrected chi connectivity index (χ2v) is 4.91. The van der Waals surface area contributed by atoms with Crippen LogP contribution in [0.15, 0.2) is 59.7 Å². The highest BCUT2D eigenvalue weighted by molar-refractivity contribution is 5.82.